The SMILES string of the molecule is CCNCc1cccc(CN2CCn3cnnc3C2)c1. The molecule has 0 radical (unpaired) electrons. The normalized spacial score (nSPS) is 15.2. The molecule has 106 valence electrons. The van der Waals surface area contributed by atoms with Crippen molar-refractivity contribution in [3.8, 4) is 0 Å². The van der Waals surface area contributed by atoms with Crippen LogP contribution in [0, 0.1) is 0 Å². The highest BCUT2D eigenvalue weighted by Gasteiger charge is 2.17. The Balaban J connectivity index is 1.63. The van der Waals surface area contributed by atoms with Gasteiger partial charge >= 0.3 is 0 Å². The molecule has 0 atom stereocenters. The summed E-state index contributed by atoms with van der Waals surface area (Å²) in [6.07, 6.45) is 1.82. The lowest BCUT2D eigenvalue weighted by Gasteiger charge is -2.27. The number of rotatable bonds is 5. The van der Waals surface area contributed by atoms with Gasteiger partial charge in [-0.25, -0.2) is 0 Å². The fraction of sp³-hybridized carbons (Fsp3) is 0.467. The van der Waals surface area contributed by atoms with E-state index < -0.39 is 0 Å². The van der Waals surface area contributed by atoms with Gasteiger partial charge < -0.3 is 9.88 Å². The maximum absolute atomic E-state index is 4.17. The van der Waals surface area contributed by atoms with Gasteiger partial charge in [-0.15, -0.1) is 10.2 Å². The highest BCUT2D eigenvalue weighted by Crippen LogP contribution is 2.14. The lowest BCUT2D eigenvalue weighted by molar-refractivity contribution is 0.209. The van der Waals surface area contributed by atoms with Crippen molar-refractivity contribution in [3.05, 3.63) is 47.5 Å². The van der Waals surface area contributed by atoms with Gasteiger partial charge in [-0.1, -0.05) is 31.2 Å². The van der Waals surface area contributed by atoms with Crippen LogP contribution in [0.15, 0.2) is 30.6 Å². The summed E-state index contributed by atoms with van der Waals surface area (Å²) in [5.41, 5.74) is 2.72. The molecule has 5 nitrogen and oxygen atoms in total. The summed E-state index contributed by atoms with van der Waals surface area (Å²) < 4.78 is 2.14. The van der Waals surface area contributed by atoms with E-state index in [-0.39, 0.29) is 0 Å². The van der Waals surface area contributed by atoms with E-state index in [1.807, 2.05) is 6.33 Å². The highest BCUT2D eigenvalue weighted by molar-refractivity contribution is 5.23. The van der Waals surface area contributed by atoms with Crippen LogP contribution >= 0.6 is 0 Å². The van der Waals surface area contributed by atoms with Crippen LogP contribution in [-0.4, -0.2) is 32.8 Å². The predicted octanol–water partition coefficient (Wildman–Crippen LogP) is 1.40. The summed E-state index contributed by atoms with van der Waals surface area (Å²) in [5.74, 6) is 1.07. The van der Waals surface area contributed by atoms with E-state index in [4.69, 9.17) is 0 Å². The molecular weight excluding hydrogens is 250 g/mol. The van der Waals surface area contributed by atoms with Crippen molar-refractivity contribution in [2.45, 2.75) is 33.1 Å². The standard InChI is InChI=1S/C15H21N5/c1-2-16-9-13-4-3-5-14(8-13)10-19-6-7-20-12-17-18-15(20)11-19/h3-5,8,12,16H,2,6-7,9-11H2,1H3. The zero-order valence-electron chi connectivity index (χ0n) is 11.9. The van der Waals surface area contributed by atoms with Gasteiger partial charge in [0.05, 0.1) is 6.54 Å². The number of nitrogens with zero attached hydrogens (tertiary/aromatic N) is 4. The Morgan fingerprint density at radius 3 is 3.05 bits per heavy atom. The lowest BCUT2D eigenvalue weighted by Crippen LogP contribution is -2.33. The van der Waals surface area contributed by atoms with Crippen molar-refractivity contribution in [1.82, 2.24) is 25.0 Å². The van der Waals surface area contributed by atoms with Crippen molar-refractivity contribution in [3.63, 3.8) is 0 Å². The van der Waals surface area contributed by atoms with Crippen molar-refractivity contribution < 1.29 is 0 Å². The minimum atomic E-state index is 0.886. The topological polar surface area (TPSA) is 46.0 Å². The monoisotopic (exact) mass is 271 g/mol. The molecule has 5 heteroatoms. The number of nitrogens with one attached hydrogen (secondary N) is 1. The van der Waals surface area contributed by atoms with E-state index >= 15 is 0 Å². The van der Waals surface area contributed by atoms with Crippen molar-refractivity contribution in [2.75, 3.05) is 13.1 Å². The second-order valence-electron chi connectivity index (χ2n) is 5.25. The molecule has 1 aromatic heterocycles. The number of aromatic nitrogens is 3. The predicted molar refractivity (Wildman–Crippen MR) is 78.0 cm³/mol. The van der Waals surface area contributed by atoms with E-state index in [2.05, 4.69) is 56.2 Å². The Morgan fingerprint density at radius 1 is 1.25 bits per heavy atom. The molecule has 1 aliphatic rings. The maximum atomic E-state index is 4.17. The second kappa shape index (κ2) is 6.15. The first-order chi connectivity index (χ1) is 9.85. The molecule has 0 saturated carbocycles. The van der Waals surface area contributed by atoms with Crippen LogP contribution in [0.2, 0.25) is 0 Å². The first-order valence-corrected chi connectivity index (χ1v) is 7.22. The molecule has 2 aromatic rings. The summed E-state index contributed by atoms with van der Waals surface area (Å²) in [4.78, 5) is 2.43. The van der Waals surface area contributed by atoms with Gasteiger partial charge in [-0.2, -0.15) is 0 Å². The van der Waals surface area contributed by atoms with Crippen molar-refractivity contribution in [2.24, 2.45) is 0 Å². The van der Waals surface area contributed by atoms with Gasteiger partial charge in [-0.05, 0) is 17.7 Å². The molecule has 0 bridgehead atoms. The van der Waals surface area contributed by atoms with Gasteiger partial charge in [0.2, 0.25) is 0 Å². The summed E-state index contributed by atoms with van der Waals surface area (Å²) in [6.45, 7) is 7.99. The van der Waals surface area contributed by atoms with E-state index in [1.165, 1.54) is 11.1 Å². The first-order valence-electron chi connectivity index (χ1n) is 7.22. The molecule has 1 aliphatic heterocycles. The van der Waals surface area contributed by atoms with Crippen LogP contribution in [0.4, 0.5) is 0 Å². The van der Waals surface area contributed by atoms with Gasteiger partial charge in [0.15, 0.2) is 0 Å². The fourth-order valence-corrected chi connectivity index (χ4v) is 2.62. The van der Waals surface area contributed by atoms with Gasteiger partial charge in [-0.3, -0.25) is 4.90 Å². The minimum Gasteiger partial charge on any atom is -0.315 e. The van der Waals surface area contributed by atoms with Crippen molar-refractivity contribution in [1.29, 1.82) is 0 Å². The minimum absolute atomic E-state index is 0.886. The Labute approximate surface area is 119 Å². The molecule has 3 rings (SSSR count). The smallest absolute Gasteiger partial charge is 0.147 e. The molecule has 0 amide bonds. The van der Waals surface area contributed by atoms with Crippen molar-refractivity contribution >= 4 is 0 Å². The Kier molecular flexibility index (Phi) is 4.08. The Hall–Kier alpha value is -1.72. The van der Waals surface area contributed by atoms with E-state index in [0.29, 0.717) is 0 Å². The van der Waals surface area contributed by atoms with Crippen LogP contribution in [-0.2, 0) is 26.2 Å². The summed E-state index contributed by atoms with van der Waals surface area (Å²) in [5, 5.41) is 11.5. The van der Waals surface area contributed by atoms with E-state index in [9.17, 15) is 0 Å². The van der Waals surface area contributed by atoms with Crippen LogP contribution in [0.25, 0.3) is 0 Å². The third-order valence-electron chi connectivity index (χ3n) is 3.69. The largest absolute Gasteiger partial charge is 0.315 e. The lowest BCUT2D eigenvalue weighted by atomic mass is 10.1. The number of benzene rings is 1. The molecule has 0 aliphatic carbocycles. The Morgan fingerprint density at radius 2 is 2.15 bits per heavy atom. The number of hydrogen-bond donors (Lipinski definition) is 1. The Bertz CT molecular complexity index is 563. The third-order valence-corrected chi connectivity index (χ3v) is 3.69. The summed E-state index contributed by atoms with van der Waals surface area (Å²) in [7, 11) is 0. The quantitative estimate of drug-likeness (QED) is 0.893. The van der Waals surface area contributed by atoms with E-state index in [1.54, 1.807) is 0 Å². The first kappa shape index (κ1) is 13.3. The molecule has 0 spiro atoms. The van der Waals surface area contributed by atoms with E-state index in [0.717, 1.165) is 45.1 Å². The van der Waals surface area contributed by atoms with Crippen LogP contribution < -0.4 is 5.32 Å². The zero-order chi connectivity index (χ0) is 13.8. The number of hydrogen-bond acceptors (Lipinski definition) is 4. The molecule has 20 heavy (non-hydrogen) atoms. The molecule has 0 fully saturated rings. The van der Waals surface area contributed by atoms with Gasteiger partial charge in [0.1, 0.15) is 12.2 Å². The summed E-state index contributed by atoms with van der Waals surface area (Å²) in [6, 6.07) is 8.82. The molecule has 0 unspecified atom stereocenters. The zero-order valence-corrected chi connectivity index (χ0v) is 11.9. The third kappa shape index (κ3) is 3.05. The summed E-state index contributed by atoms with van der Waals surface area (Å²) >= 11 is 0. The van der Waals surface area contributed by atoms with Crippen LogP contribution in [0.1, 0.15) is 23.9 Å². The average Bonchev–Trinajstić information content (AvgIpc) is 2.93. The molecule has 1 N–H and O–H groups in total. The maximum Gasteiger partial charge on any atom is 0.147 e. The fourth-order valence-electron chi connectivity index (χ4n) is 2.62. The molecule has 1 aromatic carbocycles. The molecule has 2 heterocycles. The molecule has 0 saturated heterocycles. The second-order valence-corrected chi connectivity index (χ2v) is 5.25. The van der Waals surface area contributed by atoms with Crippen LogP contribution in [0.5, 0.6) is 0 Å². The highest BCUT2D eigenvalue weighted by atomic mass is 15.3. The molecular formula is C15H21N5. The van der Waals surface area contributed by atoms with Gasteiger partial charge in [0.25, 0.3) is 0 Å². The van der Waals surface area contributed by atoms with Crippen LogP contribution in [0.3, 0.4) is 0 Å². The van der Waals surface area contributed by atoms with Gasteiger partial charge in [0, 0.05) is 26.2 Å². The number of fused-ring (bicyclic) bond motifs is 1. The average molecular weight is 271 g/mol.